The van der Waals surface area contributed by atoms with Crippen LogP contribution in [0.1, 0.15) is 26.7 Å². The van der Waals surface area contributed by atoms with Gasteiger partial charge >= 0.3 is 0 Å². The summed E-state index contributed by atoms with van der Waals surface area (Å²) in [6.45, 7) is 8.55. The summed E-state index contributed by atoms with van der Waals surface area (Å²) >= 11 is 0. The smallest absolute Gasteiger partial charge is 0.0286 e. The van der Waals surface area contributed by atoms with Crippen molar-refractivity contribution < 1.29 is 0 Å². The average molecular weight is 131 g/mol. The quantitative estimate of drug-likeness (QED) is 0.514. The van der Waals surface area contributed by atoms with Gasteiger partial charge in [-0.15, -0.1) is 7.92 Å². The Hall–Kier alpha value is 0.430. The maximum absolute atomic E-state index is 4.08. The lowest BCUT2D eigenvalue weighted by molar-refractivity contribution is 1.06. The Kier molecular flexibility index (Phi) is 5.86. The van der Waals surface area contributed by atoms with Crippen LogP contribution in [0.5, 0.6) is 0 Å². The minimum absolute atomic E-state index is 0.169. The van der Waals surface area contributed by atoms with Gasteiger partial charge in [0.05, 0.1) is 0 Å². The molecule has 0 aromatic heterocycles. The van der Waals surface area contributed by atoms with E-state index in [0.29, 0.717) is 0 Å². The van der Waals surface area contributed by atoms with Crippen LogP contribution in [0.15, 0.2) is 0 Å². The van der Waals surface area contributed by atoms with Crippen molar-refractivity contribution in [2.24, 2.45) is 0 Å². The predicted molar refractivity (Wildman–Crippen MR) is 42.6 cm³/mol. The van der Waals surface area contributed by atoms with E-state index in [9.17, 15) is 0 Å². The summed E-state index contributed by atoms with van der Waals surface area (Å²) in [4.78, 5) is 0. The van der Waals surface area contributed by atoms with E-state index in [-0.39, 0.29) is 7.92 Å². The molecular formula is C7H16P. The van der Waals surface area contributed by atoms with E-state index in [4.69, 9.17) is 0 Å². The lowest BCUT2D eigenvalue weighted by Crippen LogP contribution is -1.82. The molecule has 0 N–H and O–H groups in total. The summed E-state index contributed by atoms with van der Waals surface area (Å²) in [5.74, 6) is 0. The molecule has 0 nitrogen and oxygen atoms in total. The Morgan fingerprint density at radius 3 is 1.75 bits per heavy atom. The highest BCUT2D eigenvalue weighted by Gasteiger charge is 1.94. The Morgan fingerprint density at radius 1 is 1.12 bits per heavy atom. The van der Waals surface area contributed by atoms with Crippen molar-refractivity contribution in [3.8, 4) is 0 Å². The fraction of sp³-hybridized carbons (Fsp3) is 0.857. The van der Waals surface area contributed by atoms with Crippen molar-refractivity contribution in [3.63, 3.8) is 0 Å². The van der Waals surface area contributed by atoms with E-state index < -0.39 is 0 Å². The van der Waals surface area contributed by atoms with Crippen molar-refractivity contribution in [3.05, 3.63) is 6.66 Å². The van der Waals surface area contributed by atoms with Gasteiger partial charge in [-0.25, -0.2) is 0 Å². The fourth-order valence-electron chi connectivity index (χ4n) is 0.744. The fourth-order valence-corrected chi connectivity index (χ4v) is 2.23. The van der Waals surface area contributed by atoms with Crippen LogP contribution in [-0.4, -0.2) is 12.3 Å². The molecule has 0 atom stereocenters. The monoisotopic (exact) mass is 131 g/mol. The normalized spacial score (nSPS) is 10.5. The summed E-state index contributed by atoms with van der Waals surface area (Å²) in [5.41, 5.74) is 0. The summed E-state index contributed by atoms with van der Waals surface area (Å²) in [7, 11) is 0.169. The van der Waals surface area contributed by atoms with E-state index in [1.165, 1.54) is 25.2 Å². The van der Waals surface area contributed by atoms with E-state index in [2.05, 4.69) is 20.5 Å². The molecule has 0 heterocycles. The first-order valence-corrected chi connectivity index (χ1v) is 5.26. The van der Waals surface area contributed by atoms with E-state index in [1.807, 2.05) is 0 Å². The van der Waals surface area contributed by atoms with Crippen LogP contribution in [0.2, 0.25) is 0 Å². The largest absolute Gasteiger partial charge is 0.106 e. The molecule has 0 aliphatic heterocycles. The second-order valence-corrected chi connectivity index (χ2v) is 4.35. The van der Waals surface area contributed by atoms with E-state index >= 15 is 0 Å². The highest BCUT2D eigenvalue weighted by Crippen LogP contribution is 2.33. The zero-order valence-corrected chi connectivity index (χ0v) is 6.88. The molecule has 0 unspecified atom stereocenters. The summed E-state index contributed by atoms with van der Waals surface area (Å²) in [6, 6.07) is 0. The maximum atomic E-state index is 4.08. The van der Waals surface area contributed by atoms with Gasteiger partial charge in [0.25, 0.3) is 0 Å². The van der Waals surface area contributed by atoms with Crippen molar-refractivity contribution in [2.45, 2.75) is 26.7 Å². The van der Waals surface area contributed by atoms with Gasteiger partial charge in [-0.05, 0) is 19.0 Å². The van der Waals surface area contributed by atoms with Gasteiger partial charge in [0, 0.05) is 0 Å². The third-order valence-corrected chi connectivity index (χ3v) is 3.24. The minimum Gasteiger partial charge on any atom is -0.106 e. The number of rotatable bonds is 4. The molecule has 0 fully saturated rings. The molecule has 0 aliphatic rings. The maximum Gasteiger partial charge on any atom is -0.0286 e. The van der Waals surface area contributed by atoms with Crippen molar-refractivity contribution >= 4 is 7.92 Å². The SMILES string of the molecule is [CH2]P(CCC)CCC. The molecule has 1 heteroatoms. The number of hydrogen-bond acceptors (Lipinski definition) is 0. The second-order valence-electron chi connectivity index (χ2n) is 2.12. The molecule has 0 aromatic rings. The average Bonchev–Trinajstić information content (AvgIpc) is 1.68. The topological polar surface area (TPSA) is 0 Å². The van der Waals surface area contributed by atoms with Crippen molar-refractivity contribution in [1.82, 2.24) is 0 Å². The van der Waals surface area contributed by atoms with Gasteiger partial charge < -0.3 is 0 Å². The van der Waals surface area contributed by atoms with Crippen molar-refractivity contribution in [2.75, 3.05) is 12.3 Å². The zero-order valence-electron chi connectivity index (χ0n) is 5.98. The zero-order chi connectivity index (χ0) is 6.41. The highest BCUT2D eigenvalue weighted by atomic mass is 31.1. The van der Waals surface area contributed by atoms with Crippen LogP contribution >= 0.6 is 7.92 Å². The molecule has 1 radical (unpaired) electrons. The summed E-state index contributed by atoms with van der Waals surface area (Å²) in [6.07, 6.45) is 5.36. The van der Waals surface area contributed by atoms with Gasteiger partial charge in [0.1, 0.15) is 0 Å². The van der Waals surface area contributed by atoms with Crippen LogP contribution < -0.4 is 0 Å². The molecule has 0 saturated carbocycles. The van der Waals surface area contributed by atoms with Crippen LogP contribution in [0.3, 0.4) is 0 Å². The standard InChI is InChI=1S/C7H16P/c1-4-6-8(3)7-5-2/h3-7H2,1-2H3. The Balaban J connectivity index is 2.92. The third-order valence-electron chi connectivity index (χ3n) is 1.08. The lowest BCUT2D eigenvalue weighted by Gasteiger charge is -2.06. The van der Waals surface area contributed by atoms with Crippen LogP contribution in [0, 0.1) is 6.66 Å². The molecule has 8 heavy (non-hydrogen) atoms. The van der Waals surface area contributed by atoms with E-state index in [1.54, 1.807) is 0 Å². The molecule has 0 spiro atoms. The van der Waals surface area contributed by atoms with Crippen LogP contribution in [0.4, 0.5) is 0 Å². The molecule has 0 rings (SSSR count). The highest BCUT2D eigenvalue weighted by molar-refractivity contribution is 7.58. The Morgan fingerprint density at radius 2 is 1.50 bits per heavy atom. The Bertz CT molecular complexity index is 37.7. The van der Waals surface area contributed by atoms with Crippen LogP contribution in [0.25, 0.3) is 0 Å². The first-order valence-electron chi connectivity index (χ1n) is 3.36. The molecule has 0 bridgehead atoms. The van der Waals surface area contributed by atoms with Gasteiger partial charge in [0.15, 0.2) is 0 Å². The predicted octanol–water partition coefficient (Wildman–Crippen LogP) is 3.08. The van der Waals surface area contributed by atoms with Gasteiger partial charge in [-0.2, -0.15) is 0 Å². The minimum atomic E-state index is 0.169. The van der Waals surface area contributed by atoms with Gasteiger partial charge in [0.2, 0.25) is 0 Å². The summed E-state index contributed by atoms with van der Waals surface area (Å²) in [5, 5.41) is 0. The third kappa shape index (κ3) is 4.59. The molecule has 0 aliphatic carbocycles. The lowest BCUT2D eigenvalue weighted by atomic mass is 10.6. The van der Waals surface area contributed by atoms with Crippen molar-refractivity contribution in [1.29, 1.82) is 0 Å². The molecule has 49 valence electrons. The number of hydrogen-bond donors (Lipinski definition) is 0. The Labute approximate surface area is 54.4 Å². The van der Waals surface area contributed by atoms with Gasteiger partial charge in [-0.1, -0.05) is 26.7 Å². The second kappa shape index (κ2) is 5.56. The molecule has 0 saturated heterocycles. The first-order chi connectivity index (χ1) is 3.81. The van der Waals surface area contributed by atoms with Crippen LogP contribution in [-0.2, 0) is 0 Å². The van der Waals surface area contributed by atoms with E-state index in [0.717, 1.165) is 0 Å². The molecule has 0 amide bonds. The molecular weight excluding hydrogens is 115 g/mol. The molecule has 0 aromatic carbocycles. The summed E-state index contributed by atoms with van der Waals surface area (Å²) < 4.78 is 0. The van der Waals surface area contributed by atoms with Gasteiger partial charge in [-0.3, -0.25) is 0 Å². The first kappa shape index (κ1) is 8.43.